The van der Waals surface area contributed by atoms with E-state index < -0.39 is 18.7 Å². The van der Waals surface area contributed by atoms with Crippen molar-refractivity contribution in [3.63, 3.8) is 0 Å². The maximum Gasteiger partial charge on any atom is 0.422 e. The zero-order chi connectivity index (χ0) is 20.1. The fourth-order valence-corrected chi connectivity index (χ4v) is 2.86. The minimum atomic E-state index is -4.53. The highest BCUT2D eigenvalue weighted by atomic mass is 19.4. The number of amides is 2. The molecule has 9 heteroatoms. The van der Waals surface area contributed by atoms with E-state index >= 15 is 0 Å². The zero-order valence-corrected chi connectivity index (χ0v) is 14.8. The lowest BCUT2D eigenvalue weighted by Crippen LogP contribution is -2.26. The fraction of sp³-hybridized carbons (Fsp3) is 0.316. The second-order valence-electron chi connectivity index (χ2n) is 6.26. The summed E-state index contributed by atoms with van der Waals surface area (Å²) in [6.07, 6.45) is -1.96. The SMILES string of the molecule is O=C(NCc1cccc(N2CCCC2=O)c1)c1cccnc1OCC(F)(F)F. The van der Waals surface area contributed by atoms with Crippen molar-refractivity contribution in [1.29, 1.82) is 0 Å². The largest absolute Gasteiger partial charge is 0.467 e. The van der Waals surface area contributed by atoms with Crippen LogP contribution in [0.5, 0.6) is 5.88 Å². The van der Waals surface area contributed by atoms with Crippen molar-refractivity contribution in [3.8, 4) is 5.88 Å². The van der Waals surface area contributed by atoms with Crippen LogP contribution in [-0.2, 0) is 11.3 Å². The molecule has 1 fully saturated rings. The van der Waals surface area contributed by atoms with Crippen LogP contribution in [0.15, 0.2) is 42.6 Å². The minimum absolute atomic E-state index is 0.0583. The monoisotopic (exact) mass is 393 g/mol. The first-order valence-electron chi connectivity index (χ1n) is 8.65. The first kappa shape index (κ1) is 19.7. The fourth-order valence-electron chi connectivity index (χ4n) is 2.86. The standard InChI is InChI=1S/C19H18F3N3O3/c20-19(21,22)12-28-18-15(6-2-8-23-18)17(27)24-11-13-4-1-5-14(10-13)25-9-3-7-16(25)26/h1-2,4-6,8,10H,3,7,9,11-12H2,(H,24,27). The van der Waals surface area contributed by atoms with E-state index in [1.54, 1.807) is 23.1 Å². The number of carbonyl (C=O) groups excluding carboxylic acids is 2. The van der Waals surface area contributed by atoms with Gasteiger partial charge in [-0.05, 0) is 36.2 Å². The summed E-state index contributed by atoms with van der Waals surface area (Å²) >= 11 is 0. The minimum Gasteiger partial charge on any atom is -0.467 e. The van der Waals surface area contributed by atoms with Gasteiger partial charge in [-0.3, -0.25) is 9.59 Å². The maximum atomic E-state index is 12.4. The maximum absolute atomic E-state index is 12.4. The summed E-state index contributed by atoms with van der Waals surface area (Å²) in [6, 6.07) is 9.97. The summed E-state index contributed by atoms with van der Waals surface area (Å²) in [4.78, 5) is 29.6. The number of hydrogen-bond acceptors (Lipinski definition) is 4. The van der Waals surface area contributed by atoms with Gasteiger partial charge in [0.25, 0.3) is 5.91 Å². The van der Waals surface area contributed by atoms with E-state index in [4.69, 9.17) is 0 Å². The first-order valence-corrected chi connectivity index (χ1v) is 8.65. The summed E-state index contributed by atoms with van der Waals surface area (Å²) in [5, 5.41) is 2.64. The molecule has 1 N–H and O–H groups in total. The van der Waals surface area contributed by atoms with Gasteiger partial charge in [-0.25, -0.2) is 4.98 Å². The van der Waals surface area contributed by atoms with Crippen LogP contribution in [0.2, 0.25) is 0 Å². The van der Waals surface area contributed by atoms with Crippen LogP contribution in [0.1, 0.15) is 28.8 Å². The van der Waals surface area contributed by atoms with Gasteiger partial charge in [0.05, 0.1) is 0 Å². The van der Waals surface area contributed by atoms with Crippen LogP contribution in [0.4, 0.5) is 18.9 Å². The van der Waals surface area contributed by atoms with Gasteiger partial charge in [-0.1, -0.05) is 12.1 Å². The molecular formula is C19H18F3N3O3. The molecule has 6 nitrogen and oxygen atoms in total. The molecule has 0 atom stereocenters. The first-order chi connectivity index (χ1) is 13.3. The Hall–Kier alpha value is -3.10. The van der Waals surface area contributed by atoms with E-state index in [0.29, 0.717) is 13.0 Å². The average Bonchev–Trinajstić information content (AvgIpc) is 3.10. The second-order valence-corrected chi connectivity index (χ2v) is 6.26. The van der Waals surface area contributed by atoms with Crippen molar-refractivity contribution in [2.45, 2.75) is 25.6 Å². The Morgan fingerprint density at radius 2 is 2.07 bits per heavy atom. The number of hydrogen-bond donors (Lipinski definition) is 1. The van der Waals surface area contributed by atoms with Crippen molar-refractivity contribution in [2.24, 2.45) is 0 Å². The third-order valence-electron chi connectivity index (χ3n) is 4.14. The predicted molar refractivity (Wildman–Crippen MR) is 95.0 cm³/mol. The summed E-state index contributed by atoms with van der Waals surface area (Å²) in [6.45, 7) is -0.733. The number of alkyl halides is 3. The van der Waals surface area contributed by atoms with Gasteiger partial charge in [-0.15, -0.1) is 0 Å². The molecule has 1 aliphatic heterocycles. The van der Waals surface area contributed by atoms with Gasteiger partial charge in [-0.2, -0.15) is 13.2 Å². The highest BCUT2D eigenvalue weighted by Gasteiger charge is 2.29. The van der Waals surface area contributed by atoms with Gasteiger partial charge in [0, 0.05) is 31.4 Å². The quantitative estimate of drug-likeness (QED) is 0.819. The summed E-state index contributed by atoms with van der Waals surface area (Å²) in [7, 11) is 0. The highest BCUT2D eigenvalue weighted by molar-refractivity contribution is 5.96. The molecule has 1 aromatic heterocycles. The third-order valence-corrected chi connectivity index (χ3v) is 4.14. The molecule has 148 valence electrons. The second kappa shape index (κ2) is 8.28. The topological polar surface area (TPSA) is 71.5 Å². The summed E-state index contributed by atoms with van der Waals surface area (Å²) in [5.74, 6) is -0.926. The Bertz CT molecular complexity index is 871. The highest BCUT2D eigenvalue weighted by Crippen LogP contribution is 2.23. The number of benzene rings is 1. The van der Waals surface area contributed by atoms with Crippen LogP contribution in [-0.4, -0.2) is 36.1 Å². The Balaban J connectivity index is 1.65. The molecule has 2 aromatic rings. The third kappa shape index (κ3) is 4.99. The lowest BCUT2D eigenvalue weighted by molar-refractivity contribution is -0.154. The number of rotatable bonds is 6. The molecular weight excluding hydrogens is 375 g/mol. The van der Waals surface area contributed by atoms with E-state index in [0.717, 1.165) is 17.7 Å². The van der Waals surface area contributed by atoms with Crippen molar-refractivity contribution < 1.29 is 27.5 Å². The molecule has 0 unspecified atom stereocenters. The Labute approximate surface area is 159 Å². The Morgan fingerprint density at radius 3 is 2.79 bits per heavy atom. The van der Waals surface area contributed by atoms with E-state index in [-0.39, 0.29) is 23.9 Å². The lowest BCUT2D eigenvalue weighted by atomic mass is 10.1. The number of nitrogens with zero attached hydrogens (tertiary/aromatic N) is 2. The van der Waals surface area contributed by atoms with Crippen molar-refractivity contribution in [3.05, 3.63) is 53.7 Å². The molecule has 0 bridgehead atoms. The molecule has 28 heavy (non-hydrogen) atoms. The average molecular weight is 393 g/mol. The Kier molecular flexibility index (Phi) is 5.81. The zero-order valence-electron chi connectivity index (χ0n) is 14.8. The predicted octanol–water partition coefficient (Wildman–Crippen LogP) is 3.08. The molecule has 1 aromatic carbocycles. The molecule has 0 spiro atoms. The van der Waals surface area contributed by atoms with Crippen molar-refractivity contribution >= 4 is 17.5 Å². The molecule has 0 aliphatic carbocycles. The molecule has 3 rings (SSSR count). The van der Waals surface area contributed by atoms with E-state index in [2.05, 4.69) is 15.0 Å². The van der Waals surface area contributed by atoms with Crippen LogP contribution >= 0.6 is 0 Å². The molecule has 0 saturated carbocycles. The smallest absolute Gasteiger partial charge is 0.422 e. The number of anilines is 1. The number of ether oxygens (including phenoxy) is 1. The summed E-state index contributed by atoms with van der Waals surface area (Å²) in [5.41, 5.74) is 1.43. The van der Waals surface area contributed by atoms with Gasteiger partial charge in [0.2, 0.25) is 11.8 Å². The van der Waals surface area contributed by atoms with Gasteiger partial charge in [0.1, 0.15) is 5.56 Å². The van der Waals surface area contributed by atoms with Crippen molar-refractivity contribution in [2.75, 3.05) is 18.1 Å². The summed E-state index contributed by atoms with van der Waals surface area (Å²) < 4.78 is 41.7. The Morgan fingerprint density at radius 1 is 1.25 bits per heavy atom. The van der Waals surface area contributed by atoms with Crippen LogP contribution in [0.3, 0.4) is 0 Å². The molecule has 1 saturated heterocycles. The number of aromatic nitrogens is 1. The van der Waals surface area contributed by atoms with Crippen LogP contribution in [0, 0.1) is 0 Å². The van der Waals surface area contributed by atoms with Gasteiger partial charge in [0.15, 0.2) is 6.61 Å². The molecule has 2 amide bonds. The van der Waals surface area contributed by atoms with Crippen LogP contribution in [0.25, 0.3) is 0 Å². The van der Waals surface area contributed by atoms with Crippen LogP contribution < -0.4 is 15.0 Å². The van der Waals surface area contributed by atoms with E-state index in [1.165, 1.54) is 18.3 Å². The molecule has 0 radical (unpaired) electrons. The lowest BCUT2D eigenvalue weighted by Gasteiger charge is -2.17. The number of halogens is 3. The molecule has 1 aliphatic rings. The van der Waals surface area contributed by atoms with E-state index in [9.17, 15) is 22.8 Å². The normalized spacial score (nSPS) is 14.2. The number of pyridine rings is 1. The number of carbonyl (C=O) groups is 2. The molecule has 2 heterocycles. The van der Waals surface area contributed by atoms with Gasteiger partial charge < -0.3 is 15.0 Å². The van der Waals surface area contributed by atoms with Gasteiger partial charge >= 0.3 is 6.18 Å². The number of nitrogens with one attached hydrogen (secondary N) is 1. The van der Waals surface area contributed by atoms with Crippen molar-refractivity contribution in [1.82, 2.24) is 10.3 Å². The van der Waals surface area contributed by atoms with E-state index in [1.807, 2.05) is 6.07 Å².